The number of benzene rings is 1. The van der Waals surface area contributed by atoms with Crippen LogP contribution in [-0.4, -0.2) is 9.78 Å². The minimum absolute atomic E-state index is 0.829. The summed E-state index contributed by atoms with van der Waals surface area (Å²) in [4.78, 5) is 0. The van der Waals surface area contributed by atoms with Crippen LogP contribution in [0.15, 0.2) is 24.3 Å². The summed E-state index contributed by atoms with van der Waals surface area (Å²) in [7, 11) is 0. The second-order valence-electron chi connectivity index (χ2n) is 5.07. The molecule has 0 bridgehead atoms. The summed E-state index contributed by atoms with van der Waals surface area (Å²) in [5.74, 6) is 0. The summed E-state index contributed by atoms with van der Waals surface area (Å²) in [6.45, 7) is 7.44. The highest BCUT2D eigenvalue weighted by molar-refractivity contribution is 5.39. The molecule has 2 N–H and O–H groups in total. The van der Waals surface area contributed by atoms with E-state index in [1.807, 2.05) is 12.1 Å². The van der Waals surface area contributed by atoms with Crippen LogP contribution in [0.1, 0.15) is 35.9 Å². The molecule has 0 saturated heterocycles. The Hall–Kier alpha value is -1.77. The van der Waals surface area contributed by atoms with Gasteiger partial charge in [0.05, 0.1) is 5.69 Å². The minimum atomic E-state index is 0.829. The molecule has 0 unspecified atom stereocenters. The molecule has 1 aromatic heterocycles. The van der Waals surface area contributed by atoms with Gasteiger partial charge in [-0.3, -0.25) is 4.68 Å². The van der Waals surface area contributed by atoms with Crippen molar-refractivity contribution in [3.05, 3.63) is 46.8 Å². The fourth-order valence-electron chi connectivity index (χ4n) is 2.58. The van der Waals surface area contributed by atoms with Gasteiger partial charge in [-0.2, -0.15) is 5.10 Å². The van der Waals surface area contributed by atoms with Gasteiger partial charge in [0.25, 0.3) is 0 Å². The molecule has 0 aliphatic carbocycles. The van der Waals surface area contributed by atoms with Gasteiger partial charge in [0.15, 0.2) is 0 Å². The zero-order valence-corrected chi connectivity index (χ0v) is 12.1. The molecule has 0 fully saturated rings. The standard InChI is InChI=1S/C16H23N3/c1-4-16-12(2)18-19(13(16)3)11-5-6-14-7-9-15(17)10-8-14/h7-10H,4-6,11,17H2,1-3H3. The first-order valence-corrected chi connectivity index (χ1v) is 6.99. The van der Waals surface area contributed by atoms with Gasteiger partial charge in [-0.1, -0.05) is 19.1 Å². The van der Waals surface area contributed by atoms with Crippen molar-refractivity contribution in [2.24, 2.45) is 0 Å². The molecular formula is C16H23N3. The Morgan fingerprint density at radius 1 is 1.16 bits per heavy atom. The zero-order chi connectivity index (χ0) is 13.8. The van der Waals surface area contributed by atoms with E-state index in [0.29, 0.717) is 0 Å². The fraction of sp³-hybridized carbons (Fsp3) is 0.438. The van der Waals surface area contributed by atoms with E-state index in [0.717, 1.165) is 31.5 Å². The van der Waals surface area contributed by atoms with Crippen LogP contribution in [0, 0.1) is 13.8 Å². The Labute approximate surface area is 115 Å². The number of nitrogen functional groups attached to an aromatic ring is 1. The molecule has 0 aliphatic heterocycles. The monoisotopic (exact) mass is 257 g/mol. The van der Waals surface area contributed by atoms with Crippen LogP contribution < -0.4 is 5.73 Å². The van der Waals surface area contributed by atoms with Crippen LogP contribution in [0.5, 0.6) is 0 Å². The van der Waals surface area contributed by atoms with E-state index in [1.165, 1.54) is 22.5 Å². The van der Waals surface area contributed by atoms with Crippen LogP contribution in [0.4, 0.5) is 5.69 Å². The lowest BCUT2D eigenvalue weighted by molar-refractivity contribution is 0.561. The fourth-order valence-corrected chi connectivity index (χ4v) is 2.58. The lowest BCUT2D eigenvalue weighted by atomic mass is 10.1. The van der Waals surface area contributed by atoms with Crippen LogP contribution in [0.2, 0.25) is 0 Å². The van der Waals surface area contributed by atoms with E-state index >= 15 is 0 Å². The largest absolute Gasteiger partial charge is 0.399 e. The van der Waals surface area contributed by atoms with Crippen molar-refractivity contribution in [1.82, 2.24) is 9.78 Å². The Balaban J connectivity index is 1.94. The Kier molecular flexibility index (Phi) is 4.25. The summed E-state index contributed by atoms with van der Waals surface area (Å²) >= 11 is 0. The number of anilines is 1. The number of aromatic nitrogens is 2. The Morgan fingerprint density at radius 3 is 2.42 bits per heavy atom. The van der Waals surface area contributed by atoms with Crippen molar-refractivity contribution in [1.29, 1.82) is 0 Å². The number of nitrogens with two attached hydrogens (primary N) is 1. The quantitative estimate of drug-likeness (QED) is 0.835. The first-order chi connectivity index (χ1) is 9.11. The van der Waals surface area contributed by atoms with Crippen molar-refractivity contribution in [2.75, 3.05) is 5.73 Å². The maximum atomic E-state index is 5.69. The van der Waals surface area contributed by atoms with Crippen LogP contribution in [0.3, 0.4) is 0 Å². The number of hydrogen-bond donors (Lipinski definition) is 1. The van der Waals surface area contributed by atoms with Crippen molar-refractivity contribution in [2.45, 2.75) is 46.6 Å². The van der Waals surface area contributed by atoms with E-state index in [9.17, 15) is 0 Å². The second-order valence-corrected chi connectivity index (χ2v) is 5.07. The van der Waals surface area contributed by atoms with Crippen molar-refractivity contribution < 1.29 is 0 Å². The molecule has 0 amide bonds. The van der Waals surface area contributed by atoms with Crippen LogP contribution in [0.25, 0.3) is 0 Å². The maximum absolute atomic E-state index is 5.69. The molecule has 19 heavy (non-hydrogen) atoms. The highest BCUT2D eigenvalue weighted by Gasteiger charge is 2.08. The normalized spacial score (nSPS) is 10.9. The van der Waals surface area contributed by atoms with Crippen molar-refractivity contribution in [3.63, 3.8) is 0 Å². The molecule has 1 aromatic carbocycles. The molecule has 3 nitrogen and oxygen atoms in total. The predicted molar refractivity (Wildman–Crippen MR) is 80.3 cm³/mol. The van der Waals surface area contributed by atoms with Gasteiger partial charge in [-0.15, -0.1) is 0 Å². The average Bonchev–Trinajstić information content (AvgIpc) is 2.66. The van der Waals surface area contributed by atoms with E-state index in [-0.39, 0.29) is 0 Å². The van der Waals surface area contributed by atoms with Gasteiger partial charge in [0.1, 0.15) is 0 Å². The van der Waals surface area contributed by atoms with Gasteiger partial charge in [0.2, 0.25) is 0 Å². The number of nitrogens with zero attached hydrogens (tertiary/aromatic N) is 2. The number of hydrogen-bond acceptors (Lipinski definition) is 2. The van der Waals surface area contributed by atoms with Crippen LogP contribution >= 0.6 is 0 Å². The van der Waals surface area contributed by atoms with E-state index in [4.69, 9.17) is 5.73 Å². The SMILES string of the molecule is CCc1c(C)nn(CCCc2ccc(N)cc2)c1C. The van der Waals surface area contributed by atoms with Gasteiger partial charge in [0, 0.05) is 17.9 Å². The molecule has 3 heteroatoms. The number of rotatable bonds is 5. The van der Waals surface area contributed by atoms with Crippen LogP contribution in [-0.2, 0) is 19.4 Å². The molecule has 2 aromatic rings. The third-order valence-electron chi connectivity index (χ3n) is 3.70. The van der Waals surface area contributed by atoms with Gasteiger partial charge in [-0.05, 0) is 56.4 Å². The molecule has 2 rings (SSSR count). The maximum Gasteiger partial charge on any atom is 0.0628 e. The third-order valence-corrected chi connectivity index (χ3v) is 3.70. The minimum Gasteiger partial charge on any atom is -0.399 e. The van der Waals surface area contributed by atoms with Gasteiger partial charge >= 0.3 is 0 Å². The van der Waals surface area contributed by atoms with Gasteiger partial charge < -0.3 is 5.73 Å². The average molecular weight is 257 g/mol. The molecule has 0 spiro atoms. The molecule has 0 atom stereocenters. The summed E-state index contributed by atoms with van der Waals surface area (Å²) < 4.78 is 2.14. The first-order valence-electron chi connectivity index (χ1n) is 6.99. The first kappa shape index (κ1) is 13.7. The highest BCUT2D eigenvalue weighted by atomic mass is 15.3. The summed E-state index contributed by atoms with van der Waals surface area (Å²) in [6.07, 6.45) is 3.24. The summed E-state index contributed by atoms with van der Waals surface area (Å²) in [5, 5.41) is 4.62. The molecule has 0 saturated carbocycles. The van der Waals surface area contributed by atoms with Crippen molar-refractivity contribution in [3.8, 4) is 0 Å². The van der Waals surface area contributed by atoms with E-state index in [2.05, 4.69) is 42.7 Å². The topological polar surface area (TPSA) is 43.8 Å². The molecule has 0 radical (unpaired) electrons. The molecular weight excluding hydrogens is 234 g/mol. The molecule has 1 heterocycles. The number of aryl methyl sites for hydroxylation is 3. The molecule has 102 valence electrons. The Morgan fingerprint density at radius 2 is 1.84 bits per heavy atom. The van der Waals surface area contributed by atoms with E-state index < -0.39 is 0 Å². The Bertz CT molecular complexity index is 538. The van der Waals surface area contributed by atoms with Gasteiger partial charge in [-0.25, -0.2) is 0 Å². The third kappa shape index (κ3) is 3.16. The lowest BCUT2D eigenvalue weighted by Crippen LogP contribution is -2.04. The summed E-state index contributed by atoms with van der Waals surface area (Å²) in [6, 6.07) is 8.14. The predicted octanol–water partition coefficient (Wildman–Crippen LogP) is 3.28. The molecule has 0 aliphatic rings. The van der Waals surface area contributed by atoms with Crippen molar-refractivity contribution >= 4 is 5.69 Å². The highest BCUT2D eigenvalue weighted by Crippen LogP contribution is 2.15. The smallest absolute Gasteiger partial charge is 0.0628 e. The zero-order valence-electron chi connectivity index (χ0n) is 12.1. The second kappa shape index (κ2) is 5.91. The summed E-state index contributed by atoms with van der Waals surface area (Å²) in [5.41, 5.74) is 11.7. The lowest BCUT2D eigenvalue weighted by Gasteiger charge is -2.05. The van der Waals surface area contributed by atoms with E-state index in [1.54, 1.807) is 0 Å².